The van der Waals surface area contributed by atoms with Crippen LogP contribution in [0.3, 0.4) is 0 Å². The molecule has 2 fully saturated rings. The van der Waals surface area contributed by atoms with Gasteiger partial charge in [-0.15, -0.1) is 0 Å². The number of fused-ring (bicyclic) bond motifs is 1. The van der Waals surface area contributed by atoms with Gasteiger partial charge in [-0.1, -0.05) is 29.8 Å². The zero-order valence-corrected chi connectivity index (χ0v) is 19.7. The zero-order chi connectivity index (χ0) is 23.4. The molecule has 0 bridgehead atoms. The van der Waals surface area contributed by atoms with E-state index >= 15 is 0 Å². The summed E-state index contributed by atoms with van der Waals surface area (Å²) in [6.07, 6.45) is 3.01. The molecular weight excluding hydrogens is 450 g/mol. The maximum absolute atomic E-state index is 13.9. The van der Waals surface area contributed by atoms with E-state index in [1.807, 2.05) is 41.9 Å². The van der Waals surface area contributed by atoms with Gasteiger partial charge >= 0.3 is 6.03 Å². The van der Waals surface area contributed by atoms with Gasteiger partial charge in [0.1, 0.15) is 5.69 Å². The smallest absolute Gasteiger partial charge is 0.321 e. The molecule has 3 amide bonds. The summed E-state index contributed by atoms with van der Waals surface area (Å²) in [5, 5.41) is 8.32. The molecule has 1 saturated heterocycles. The Bertz CT molecular complexity index is 1250. The number of aryl methyl sites for hydroxylation is 1. The van der Waals surface area contributed by atoms with Gasteiger partial charge in [-0.05, 0) is 68.5 Å². The molecule has 174 valence electrons. The minimum Gasteiger partial charge on any atom is -0.325 e. The fourth-order valence-electron chi connectivity index (χ4n) is 5.40. The molecule has 0 spiro atoms. The quantitative estimate of drug-likeness (QED) is 0.574. The third-order valence-corrected chi connectivity index (χ3v) is 7.40. The Morgan fingerprint density at radius 2 is 1.79 bits per heavy atom. The molecule has 3 aromatic rings. The number of hydrogen-bond donors (Lipinski definition) is 1. The number of carbonyl (C=O) groups is 2. The molecule has 2 aromatic carbocycles. The lowest BCUT2D eigenvalue weighted by molar-refractivity contribution is 0.0601. The number of urea groups is 1. The lowest BCUT2D eigenvalue weighted by Gasteiger charge is -2.31. The highest BCUT2D eigenvalue weighted by Crippen LogP contribution is 2.52. The third-order valence-electron chi connectivity index (χ3n) is 7.15. The molecule has 3 aliphatic rings. The van der Waals surface area contributed by atoms with Gasteiger partial charge in [0.05, 0.1) is 23.5 Å². The maximum atomic E-state index is 13.9. The number of amides is 3. The maximum Gasteiger partial charge on any atom is 0.321 e. The Morgan fingerprint density at radius 1 is 1.06 bits per heavy atom. The van der Waals surface area contributed by atoms with Gasteiger partial charge in [0.15, 0.2) is 0 Å². The summed E-state index contributed by atoms with van der Waals surface area (Å²) < 4.78 is 1.81. The van der Waals surface area contributed by atoms with Crippen LogP contribution in [0.1, 0.15) is 47.1 Å². The number of nitrogens with one attached hydrogen (secondary N) is 1. The van der Waals surface area contributed by atoms with Crippen LogP contribution < -0.4 is 5.32 Å². The van der Waals surface area contributed by atoms with E-state index in [4.69, 9.17) is 16.7 Å². The number of hydrogen-bond acceptors (Lipinski definition) is 3. The largest absolute Gasteiger partial charge is 0.325 e. The number of rotatable bonds is 4. The Morgan fingerprint density at radius 3 is 2.50 bits per heavy atom. The summed E-state index contributed by atoms with van der Waals surface area (Å²) in [5.41, 5.74) is 4.27. The standard InChI is InChI=1S/C26H26ClN5O2/c1-16-22-23(17-7-8-17)31(25(33)24(22)32(29-16)20-5-3-2-4-6-20)21-13-14-30(15-21)26(34)28-19-11-9-18(27)10-12-19/h2-6,9-12,17,21,23H,7-8,13-15H2,1H3,(H,28,34). The Balaban J connectivity index is 1.26. The van der Waals surface area contributed by atoms with Gasteiger partial charge in [0.25, 0.3) is 5.91 Å². The molecule has 3 heterocycles. The van der Waals surface area contributed by atoms with Crippen LogP contribution in [0.5, 0.6) is 0 Å². The van der Waals surface area contributed by atoms with Gasteiger partial charge < -0.3 is 15.1 Å². The van der Waals surface area contributed by atoms with Crippen molar-refractivity contribution in [3.63, 3.8) is 0 Å². The minimum absolute atomic E-state index is 0.00917. The number of aromatic nitrogens is 2. The van der Waals surface area contributed by atoms with E-state index in [-0.39, 0.29) is 24.0 Å². The fourth-order valence-corrected chi connectivity index (χ4v) is 5.53. The zero-order valence-electron chi connectivity index (χ0n) is 18.9. The van der Waals surface area contributed by atoms with Crippen LogP contribution in [-0.4, -0.2) is 50.6 Å². The van der Waals surface area contributed by atoms with Crippen LogP contribution in [0, 0.1) is 12.8 Å². The summed E-state index contributed by atoms with van der Waals surface area (Å²) in [6.45, 7) is 3.15. The van der Waals surface area contributed by atoms with Crippen molar-refractivity contribution in [3.8, 4) is 5.69 Å². The van der Waals surface area contributed by atoms with Gasteiger partial charge in [-0.2, -0.15) is 5.10 Å². The summed E-state index contributed by atoms with van der Waals surface area (Å²) in [6, 6.07) is 16.8. The van der Waals surface area contributed by atoms with Crippen molar-refractivity contribution in [2.45, 2.75) is 38.3 Å². The molecule has 2 unspecified atom stereocenters. The average molecular weight is 476 g/mol. The molecule has 2 atom stereocenters. The summed E-state index contributed by atoms with van der Waals surface area (Å²) in [4.78, 5) is 30.6. The molecule has 34 heavy (non-hydrogen) atoms. The number of para-hydroxylation sites is 1. The number of carbonyl (C=O) groups excluding carboxylic acids is 2. The normalized spacial score (nSPS) is 21.8. The van der Waals surface area contributed by atoms with Crippen LogP contribution in [-0.2, 0) is 0 Å². The van der Waals surface area contributed by atoms with Crippen LogP contribution >= 0.6 is 11.6 Å². The fraction of sp³-hybridized carbons (Fsp3) is 0.346. The van der Waals surface area contributed by atoms with Gasteiger partial charge in [0, 0.05) is 29.4 Å². The second-order valence-corrected chi connectivity index (χ2v) is 9.85. The molecule has 1 aromatic heterocycles. The van der Waals surface area contributed by atoms with Crippen molar-refractivity contribution in [3.05, 3.63) is 76.6 Å². The predicted molar refractivity (Wildman–Crippen MR) is 130 cm³/mol. The topological polar surface area (TPSA) is 70.5 Å². The van der Waals surface area contributed by atoms with E-state index in [1.54, 1.807) is 29.2 Å². The van der Waals surface area contributed by atoms with Gasteiger partial charge in [-0.25, -0.2) is 9.48 Å². The first-order valence-corrected chi connectivity index (χ1v) is 12.2. The molecule has 2 aliphatic heterocycles. The molecular formula is C26H26ClN5O2. The highest BCUT2D eigenvalue weighted by Gasteiger charge is 2.52. The van der Waals surface area contributed by atoms with E-state index in [0.29, 0.717) is 35.4 Å². The first-order valence-electron chi connectivity index (χ1n) is 11.8. The molecule has 1 aliphatic carbocycles. The number of likely N-dealkylation sites (tertiary alicyclic amines) is 1. The Kier molecular flexibility index (Phi) is 5.10. The highest BCUT2D eigenvalue weighted by molar-refractivity contribution is 6.30. The van der Waals surface area contributed by atoms with Crippen molar-refractivity contribution in [2.24, 2.45) is 5.92 Å². The predicted octanol–water partition coefficient (Wildman–Crippen LogP) is 5.05. The first kappa shape index (κ1) is 21.2. The second-order valence-electron chi connectivity index (χ2n) is 9.42. The first-order chi connectivity index (χ1) is 16.5. The lowest BCUT2D eigenvalue weighted by atomic mass is 10.0. The molecule has 0 radical (unpaired) electrons. The summed E-state index contributed by atoms with van der Waals surface area (Å²) in [7, 11) is 0. The Hall–Kier alpha value is -3.32. The van der Waals surface area contributed by atoms with E-state index < -0.39 is 0 Å². The van der Waals surface area contributed by atoms with Crippen LogP contribution in [0.25, 0.3) is 5.69 Å². The molecule has 6 rings (SSSR count). The van der Waals surface area contributed by atoms with Crippen molar-refractivity contribution < 1.29 is 9.59 Å². The lowest BCUT2D eigenvalue weighted by Crippen LogP contribution is -2.43. The number of halogens is 1. The SMILES string of the molecule is Cc1nn(-c2ccccc2)c2c1C(C1CC1)N(C1CCN(C(=O)Nc3ccc(Cl)cc3)C1)C2=O. The van der Waals surface area contributed by atoms with Gasteiger partial charge in [0.2, 0.25) is 0 Å². The molecule has 1 N–H and O–H groups in total. The second kappa shape index (κ2) is 8.17. The van der Waals surface area contributed by atoms with E-state index in [0.717, 1.165) is 36.2 Å². The van der Waals surface area contributed by atoms with Crippen molar-refractivity contribution in [1.29, 1.82) is 0 Å². The Labute approximate surface area is 203 Å². The third kappa shape index (κ3) is 3.55. The number of benzene rings is 2. The van der Waals surface area contributed by atoms with Gasteiger partial charge in [-0.3, -0.25) is 4.79 Å². The molecule has 1 saturated carbocycles. The van der Waals surface area contributed by atoms with E-state index in [9.17, 15) is 9.59 Å². The van der Waals surface area contributed by atoms with Crippen LogP contribution in [0.2, 0.25) is 5.02 Å². The monoisotopic (exact) mass is 475 g/mol. The van der Waals surface area contributed by atoms with E-state index in [2.05, 4.69) is 10.2 Å². The average Bonchev–Trinajstić information content (AvgIpc) is 3.34. The summed E-state index contributed by atoms with van der Waals surface area (Å²) >= 11 is 5.95. The molecule has 7 nitrogen and oxygen atoms in total. The molecule has 8 heteroatoms. The highest BCUT2D eigenvalue weighted by atomic mass is 35.5. The summed E-state index contributed by atoms with van der Waals surface area (Å²) in [5.74, 6) is 0.496. The number of anilines is 1. The van der Waals surface area contributed by atoms with Crippen molar-refractivity contribution in [2.75, 3.05) is 18.4 Å². The van der Waals surface area contributed by atoms with Crippen LogP contribution in [0.15, 0.2) is 54.6 Å². The minimum atomic E-state index is -0.149. The number of nitrogens with zero attached hydrogens (tertiary/aromatic N) is 4. The van der Waals surface area contributed by atoms with Crippen LogP contribution in [0.4, 0.5) is 10.5 Å². The van der Waals surface area contributed by atoms with Crippen molar-refractivity contribution in [1.82, 2.24) is 19.6 Å². The van der Waals surface area contributed by atoms with E-state index in [1.165, 1.54) is 0 Å². The van der Waals surface area contributed by atoms with Crippen molar-refractivity contribution >= 4 is 29.2 Å².